The molecule has 538 valence electrons. The first-order valence-electron chi connectivity index (χ1n) is 29.9. The number of benzene rings is 2. The van der Waals surface area contributed by atoms with E-state index < -0.39 is 291 Å². The molecule has 20 bridgehead atoms. The highest BCUT2D eigenvalue weighted by Crippen LogP contribution is 2.40. The summed E-state index contributed by atoms with van der Waals surface area (Å²) in [5, 5.41) is 216. The van der Waals surface area contributed by atoms with E-state index in [9.17, 15) is 114 Å². The van der Waals surface area contributed by atoms with Gasteiger partial charge in [-0.3, -0.25) is 8.37 Å². The van der Waals surface area contributed by atoms with Crippen molar-refractivity contribution in [1.82, 2.24) is 0 Å². The summed E-state index contributed by atoms with van der Waals surface area (Å²) in [6.07, 6.45) is -76.0. The van der Waals surface area contributed by atoms with Crippen LogP contribution in [0.25, 0.3) is 11.1 Å². The molecule has 35 atom stereocenters. The van der Waals surface area contributed by atoms with Crippen LogP contribution in [-0.2, 0) is 94.9 Å². The molecule has 19 N–H and O–H groups in total. The average molecular weight is 1410 g/mol. The maximum absolute atomic E-state index is 14.0. The molecule has 39 nitrogen and oxygen atoms in total. The maximum Gasteiger partial charge on any atom is 0.297 e. The standard InChI is InChI=1S/C54H76O39S2/c55-9-20-41-27(60)34(67)48(80-20)88-42-21(10-56)83-51(37(70)30(42)63)92-46-25-14-78-94(74,75)18-5-1-16(2-6-18)17-3-7-19(8-4-17)95(76,77)79-15-26-47(32(65)39(72)53(85-26)90-44-23(12-58)81-49(87-41)35(68)28(44)61)93-52-38(71)31(64)43(22(11-57)84-52)89-50-36(69)29(62)45(24(13-59)82-50)91-54(86-25)40(73)33(46)66/h1-8,20-73H,9-15H2/t20-,21-,22-,23-,24-,25-,26-,27-,28-,29-,30-,31-,32-,33-,34-,35-,36-,37-,38-,39-,40-,41-,42-,43-,44-,45-,46-,47-,48-,49-,50-,51-,52-,53-,54-/m1/s1. The smallest absolute Gasteiger partial charge is 0.297 e. The lowest BCUT2D eigenvalue weighted by Gasteiger charge is -2.50. The Morgan fingerprint density at radius 3 is 0.663 bits per heavy atom. The second-order valence-electron chi connectivity index (χ2n) is 23.8. The third-order valence-electron chi connectivity index (χ3n) is 17.8. The van der Waals surface area contributed by atoms with E-state index in [0.717, 1.165) is 24.3 Å². The van der Waals surface area contributed by atoms with E-state index in [-0.39, 0.29) is 11.1 Å². The second kappa shape index (κ2) is 29.9. The SMILES string of the molecule is O=S1(=O)OC[C@H]2O[C@@H]3O[C@H]4[C@H](O)[C@@H](O)[C@@H](O[C@H]5[C@H](O)[C@@H](O)[C@@H](O[C@H]6[C@H](O)[C@@H](O)[C@@H](O[C@H]7[C@H](O)[C@@H](O)[C@@H](O[C@H]8[C@H](O)[C@@H](O)[C@@H](O[C@H]9[C@H](O)[C@@H](O)[C@@H](O[C@H]2[C@H](O)[C@H]3O)O[C@@H]9CO)O[C@@H]8CO)O[C@@H]7CO)O[C@@H]6COS(=O)(=O)c2ccc(cc2)-c2ccc1cc2)O[C@@H]5CO)O[C@@H]4CO. The number of hydrogen-bond acceptors (Lipinski definition) is 39. The summed E-state index contributed by atoms with van der Waals surface area (Å²) in [6.45, 7) is -8.14. The molecule has 2 aromatic rings. The van der Waals surface area contributed by atoms with Crippen molar-refractivity contribution in [2.24, 2.45) is 0 Å². The average Bonchev–Trinajstić information content (AvgIpc) is 0.787. The largest absolute Gasteiger partial charge is 0.394 e. The molecule has 0 unspecified atom stereocenters. The fourth-order valence-electron chi connectivity index (χ4n) is 12.5. The highest BCUT2D eigenvalue weighted by molar-refractivity contribution is 7.87. The number of ether oxygens (including phenoxy) is 14. The van der Waals surface area contributed by atoms with Gasteiger partial charge in [0.05, 0.1) is 56.0 Å². The van der Waals surface area contributed by atoms with Crippen LogP contribution in [0.2, 0.25) is 0 Å². The Morgan fingerprint density at radius 1 is 0.263 bits per heavy atom. The first kappa shape index (κ1) is 73.2. The third-order valence-corrected chi connectivity index (χ3v) is 20.4. The van der Waals surface area contributed by atoms with E-state index in [1.165, 1.54) is 24.3 Å². The van der Waals surface area contributed by atoms with Gasteiger partial charge in [0.15, 0.2) is 44.0 Å². The van der Waals surface area contributed by atoms with E-state index in [4.69, 9.17) is 74.7 Å². The van der Waals surface area contributed by atoms with Gasteiger partial charge in [-0.2, -0.15) is 16.8 Å². The van der Waals surface area contributed by atoms with Crippen molar-refractivity contribution >= 4 is 20.2 Å². The van der Waals surface area contributed by atoms with Crippen LogP contribution in [0, 0.1) is 0 Å². The molecule has 0 amide bonds. The fourth-order valence-corrected chi connectivity index (χ4v) is 14.3. The van der Waals surface area contributed by atoms with Gasteiger partial charge in [-0.05, 0) is 35.4 Å². The van der Waals surface area contributed by atoms with Crippen LogP contribution in [0.15, 0.2) is 58.3 Å². The highest BCUT2D eigenvalue weighted by atomic mass is 32.2. The van der Waals surface area contributed by atoms with Gasteiger partial charge in [0.2, 0.25) is 0 Å². The van der Waals surface area contributed by atoms with Crippen molar-refractivity contribution in [3.8, 4) is 11.1 Å². The molecule has 15 saturated heterocycles. The van der Waals surface area contributed by atoms with Gasteiger partial charge in [0, 0.05) is 0 Å². The van der Waals surface area contributed by atoms with Crippen LogP contribution in [0.4, 0.5) is 0 Å². The maximum atomic E-state index is 14.0. The van der Waals surface area contributed by atoms with Crippen molar-refractivity contribution in [1.29, 1.82) is 0 Å². The van der Waals surface area contributed by atoms with Crippen LogP contribution in [0.1, 0.15) is 0 Å². The van der Waals surface area contributed by atoms with E-state index in [1.807, 2.05) is 0 Å². The first-order valence-corrected chi connectivity index (χ1v) is 32.7. The van der Waals surface area contributed by atoms with Crippen LogP contribution in [0.5, 0.6) is 0 Å². The Hall–Kier alpha value is -3.06. The van der Waals surface area contributed by atoms with E-state index >= 15 is 0 Å². The molecule has 0 aromatic heterocycles. The van der Waals surface area contributed by atoms with Gasteiger partial charge in [-0.1, -0.05) is 24.3 Å². The molecule has 31 rings (SSSR count). The molecule has 29 aliphatic rings. The van der Waals surface area contributed by atoms with E-state index in [2.05, 4.69) is 0 Å². The van der Waals surface area contributed by atoms with Crippen LogP contribution < -0.4 is 0 Å². The Labute approximate surface area is 537 Å². The van der Waals surface area contributed by atoms with Crippen molar-refractivity contribution < 1.29 is 189 Å². The zero-order valence-electron chi connectivity index (χ0n) is 49.3. The van der Waals surface area contributed by atoms with Gasteiger partial charge in [0.25, 0.3) is 20.2 Å². The van der Waals surface area contributed by atoms with Gasteiger partial charge >= 0.3 is 0 Å². The van der Waals surface area contributed by atoms with Crippen molar-refractivity contribution in [2.45, 2.75) is 225 Å². The highest BCUT2D eigenvalue weighted by Gasteiger charge is 2.60. The fraction of sp³-hybridized carbons (Fsp3) is 0.778. The van der Waals surface area contributed by atoms with E-state index in [0.29, 0.717) is 0 Å². The number of hydrogen-bond donors (Lipinski definition) is 19. The first-order chi connectivity index (χ1) is 45.1. The van der Waals surface area contributed by atoms with Gasteiger partial charge in [-0.25, -0.2) is 0 Å². The van der Waals surface area contributed by atoms with Crippen LogP contribution in [-0.4, -0.2) is 375 Å². The van der Waals surface area contributed by atoms with Gasteiger partial charge < -0.3 is 163 Å². The predicted octanol–water partition coefficient (Wildman–Crippen LogP) is -12.4. The summed E-state index contributed by atoms with van der Waals surface area (Å²) in [5.74, 6) is 0. The number of rotatable bonds is 5. The summed E-state index contributed by atoms with van der Waals surface area (Å²) >= 11 is 0. The second-order valence-corrected chi connectivity index (χ2v) is 27.0. The Balaban J connectivity index is 1.00. The van der Waals surface area contributed by atoms with Gasteiger partial charge in [0.1, 0.15) is 171 Å². The minimum absolute atomic E-state index is 0.277. The minimum Gasteiger partial charge on any atom is -0.394 e. The van der Waals surface area contributed by atoms with Crippen molar-refractivity contribution in [2.75, 3.05) is 46.2 Å². The molecular weight excluding hydrogens is 1340 g/mol. The number of aliphatic hydroxyl groups is 19. The topological polar surface area (TPSA) is 600 Å². The molecule has 29 aliphatic heterocycles. The zero-order chi connectivity index (χ0) is 68.4. The third kappa shape index (κ3) is 14.5. The Kier molecular flexibility index (Phi) is 23.0. The summed E-state index contributed by atoms with van der Waals surface area (Å²) in [7, 11) is -9.89. The van der Waals surface area contributed by atoms with Crippen LogP contribution >= 0.6 is 0 Å². The molecule has 41 heteroatoms. The summed E-state index contributed by atoms with van der Waals surface area (Å²) in [5.41, 5.74) is 0.555. The van der Waals surface area contributed by atoms with Gasteiger partial charge in [-0.15, -0.1) is 0 Å². The van der Waals surface area contributed by atoms with E-state index in [1.54, 1.807) is 0 Å². The molecule has 0 spiro atoms. The molecule has 2 aromatic carbocycles. The molecule has 29 heterocycles. The van der Waals surface area contributed by atoms with Crippen molar-refractivity contribution in [3.05, 3.63) is 48.5 Å². The normalized spacial score (nSPS) is 49.1. The quantitative estimate of drug-likeness (QED) is 0.124. The number of aliphatic hydroxyl groups excluding tert-OH is 19. The monoisotopic (exact) mass is 1410 g/mol. The molecular formula is C54H76O39S2. The lowest BCUT2D eigenvalue weighted by Crippen LogP contribution is -2.68. The molecule has 0 radical (unpaired) electrons. The summed E-state index contributed by atoms with van der Waals surface area (Å²) < 4.78 is 149. The molecule has 95 heavy (non-hydrogen) atoms. The van der Waals surface area contributed by atoms with Crippen LogP contribution in [0.3, 0.4) is 0 Å². The minimum atomic E-state index is -4.95. The lowest BCUT2D eigenvalue weighted by molar-refractivity contribution is -0.396. The van der Waals surface area contributed by atoms with Crippen molar-refractivity contribution in [3.63, 3.8) is 0 Å². The molecule has 0 saturated carbocycles. The molecule has 15 fully saturated rings. The molecule has 0 aliphatic carbocycles. The Bertz CT molecular complexity index is 3060. The predicted molar refractivity (Wildman–Crippen MR) is 292 cm³/mol. The lowest BCUT2D eigenvalue weighted by atomic mass is 9.95. The summed E-state index contributed by atoms with van der Waals surface area (Å²) in [6, 6.07) is 9.40. The Morgan fingerprint density at radius 2 is 0.453 bits per heavy atom. The summed E-state index contributed by atoms with van der Waals surface area (Å²) in [4.78, 5) is -1.07. The zero-order valence-corrected chi connectivity index (χ0v) is 50.9.